The number of carbonyl (C=O) groups is 2. The molecule has 0 saturated carbocycles. The molecule has 0 aromatic heterocycles. The standard InChI is InChI=1S/C22H28N2O4/c1-18(25)27-16-9-14-22(15-17-28-19(2)26,23-20-10-5-3-6-11-20)24-21-12-7-4-8-13-21/h3-8,10-13,23-24H,9,14-17H2,1-2H3. The van der Waals surface area contributed by atoms with Crippen LogP contribution in [0.15, 0.2) is 60.7 Å². The number of rotatable bonds is 11. The SMILES string of the molecule is CC(=O)OCCCC(CCOC(C)=O)(Nc1ccccc1)Nc1ccccc1. The summed E-state index contributed by atoms with van der Waals surface area (Å²) < 4.78 is 10.3. The minimum Gasteiger partial charge on any atom is -0.466 e. The van der Waals surface area contributed by atoms with E-state index in [0.29, 0.717) is 25.9 Å². The highest BCUT2D eigenvalue weighted by Gasteiger charge is 2.30. The molecule has 2 aromatic rings. The molecule has 2 aromatic carbocycles. The number of hydrogen-bond donors (Lipinski definition) is 2. The van der Waals surface area contributed by atoms with Gasteiger partial charge < -0.3 is 20.1 Å². The third-order valence-corrected chi connectivity index (χ3v) is 4.20. The lowest BCUT2D eigenvalue weighted by Gasteiger charge is -2.38. The maximum absolute atomic E-state index is 11.3. The van der Waals surface area contributed by atoms with E-state index in [2.05, 4.69) is 10.6 Å². The van der Waals surface area contributed by atoms with Gasteiger partial charge in [-0.1, -0.05) is 36.4 Å². The number of hydrogen-bond acceptors (Lipinski definition) is 6. The zero-order chi connectivity index (χ0) is 20.2. The number of benzene rings is 2. The molecule has 6 heteroatoms. The van der Waals surface area contributed by atoms with Gasteiger partial charge in [0.2, 0.25) is 0 Å². The van der Waals surface area contributed by atoms with E-state index in [9.17, 15) is 9.59 Å². The van der Waals surface area contributed by atoms with Gasteiger partial charge >= 0.3 is 11.9 Å². The number of para-hydroxylation sites is 2. The van der Waals surface area contributed by atoms with Crippen LogP contribution >= 0.6 is 0 Å². The molecule has 0 spiro atoms. The average Bonchev–Trinajstić information content (AvgIpc) is 2.66. The van der Waals surface area contributed by atoms with E-state index >= 15 is 0 Å². The molecular formula is C22H28N2O4. The topological polar surface area (TPSA) is 76.7 Å². The van der Waals surface area contributed by atoms with E-state index in [-0.39, 0.29) is 18.5 Å². The molecule has 0 heterocycles. The van der Waals surface area contributed by atoms with Crippen LogP contribution in [0.5, 0.6) is 0 Å². The van der Waals surface area contributed by atoms with E-state index in [1.807, 2.05) is 60.7 Å². The summed E-state index contributed by atoms with van der Waals surface area (Å²) in [6, 6.07) is 19.7. The summed E-state index contributed by atoms with van der Waals surface area (Å²) in [6.07, 6.45) is 1.85. The van der Waals surface area contributed by atoms with Gasteiger partial charge in [0.15, 0.2) is 0 Å². The molecule has 0 radical (unpaired) electrons. The van der Waals surface area contributed by atoms with Gasteiger partial charge in [-0.2, -0.15) is 0 Å². The number of anilines is 2. The molecule has 0 aliphatic heterocycles. The number of esters is 2. The molecule has 6 nitrogen and oxygen atoms in total. The largest absolute Gasteiger partial charge is 0.466 e. The quantitative estimate of drug-likeness (QED) is 0.343. The van der Waals surface area contributed by atoms with Gasteiger partial charge in [-0.3, -0.25) is 9.59 Å². The average molecular weight is 384 g/mol. The van der Waals surface area contributed by atoms with E-state index < -0.39 is 5.66 Å². The minimum atomic E-state index is -0.585. The van der Waals surface area contributed by atoms with Gasteiger partial charge in [0.1, 0.15) is 5.66 Å². The first-order chi connectivity index (χ1) is 13.5. The molecule has 0 saturated heterocycles. The van der Waals surface area contributed by atoms with Crippen LogP contribution in [0.1, 0.15) is 33.1 Å². The first-order valence-corrected chi connectivity index (χ1v) is 9.42. The van der Waals surface area contributed by atoms with Gasteiger partial charge in [-0.25, -0.2) is 0 Å². The summed E-state index contributed by atoms with van der Waals surface area (Å²) >= 11 is 0. The first-order valence-electron chi connectivity index (χ1n) is 9.42. The Morgan fingerprint density at radius 1 is 0.750 bits per heavy atom. The fourth-order valence-corrected chi connectivity index (χ4v) is 2.96. The van der Waals surface area contributed by atoms with Crippen LogP contribution in [-0.2, 0) is 19.1 Å². The van der Waals surface area contributed by atoms with Crippen LogP contribution in [-0.4, -0.2) is 30.8 Å². The lowest BCUT2D eigenvalue weighted by molar-refractivity contribution is -0.142. The van der Waals surface area contributed by atoms with Crippen molar-refractivity contribution >= 4 is 23.3 Å². The number of carbonyl (C=O) groups excluding carboxylic acids is 2. The Morgan fingerprint density at radius 3 is 1.68 bits per heavy atom. The smallest absolute Gasteiger partial charge is 0.302 e. The van der Waals surface area contributed by atoms with Crippen LogP contribution in [0.4, 0.5) is 11.4 Å². The van der Waals surface area contributed by atoms with Crippen molar-refractivity contribution < 1.29 is 19.1 Å². The normalized spacial score (nSPS) is 10.8. The minimum absolute atomic E-state index is 0.266. The van der Waals surface area contributed by atoms with Gasteiger partial charge in [0.25, 0.3) is 0 Å². The predicted molar refractivity (Wildman–Crippen MR) is 110 cm³/mol. The van der Waals surface area contributed by atoms with Crippen LogP contribution in [0, 0.1) is 0 Å². The van der Waals surface area contributed by atoms with Crippen molar-refractivity contribution in [2.45, 2.75) is 38.8 Å². The highest BCUT2D eigenvalue weighted by Crippen LogP contribution is 2.27. The molecule has 0 amide bonds. The maximum atomic E-state index is 11.3. The second kappa shape index (κ2) is 11.0. The number of ether oxygens (including phenoxy) is 2. The summed E-state index contributed by atoms with van der Waals surface area (Å²) in [4.78, 5) is 22.3. The summed E-state index contributed by atoms with van der Waals surface area (Å²) in [5.74, 6) is -0.606. The Hall–Kier alpha value is -3.02. The lowest BCUT2D eigenvalue weighted by Crippen LogP contribution is -2.47. The van der Waals surface area contributed by atoms with Crippen LogP contribution in [0.2, 0.25) is 0 Å². The Kier molecular flexibility index (Phi) is 8.34. The highest BCUT2D eigenvalue weighted by atomic mass is 16.5. The summed E-state index contributed by atoms with van der Waals surface area (Å²) in [5, 5.41) is 7.12. The van der Waals surface area contributed by atoms with Crippen molar-refractivity contribution in [3.05, 3.63) is 60.7 Å². The van der Waals surface area contributed by atoms with E-state index in [4.69, 9.17) is 9.47 Å². The maximum Gasteiger partial charge on any atom is 0.302 e. The molecule has 150 valence electrons. The Balaban J connectivity index is 2.22. The zero-order valence-corrected chi connectivity index (χ0v) is 16.4. The monoisotopic (exact) mass is 384 g/mol. The van der Waals surface area contributed by atoms with Crippen LogP contribution in [0.3, 0.4) is 0 Å². The molecule has 0 aliphatic carbocycles. The molecular weight excluding hydrogens is 356 g/mol. The van der Waals surface area contributed by atoms with Crippen molar-refractivity contribution in [2.24, 2.45) is 0 Å². The fraction of sp³-hybridized carbons (Fsp3) is 0.364. The van der Waals surface area contributed by atoms with Crippen molar-refractivity contribution in [3.63, 3.8) is 0 Å². The first kappa shape index (κ1) is 21.3. The third-order valence-electron chi connectivity index (χ3n) is 4.20. The van der Waals surface area contributed by atoms with E-state index in [0.717, 1.165) is 11.4 Å². The van der Waals surface area contributed by atoms with Crippen molar-refractivity contribution in [1.82, 2.24) is 0 Å². The molecule has 0 bridgehead atoms. The number of nitrogens with one attached hydrogen (secondary N) is 2. The molecule has 2 N–H and O–H groups in total. The van der Waals surface area contributed by atoms with Gasteiger partial charge in [-0.05, 0) is 37.1 Å². The molecule has 28 heavy (non-hydrogen) atoms. The van der Waals surface area contributed by atoms with Crippen molar-refractivity contribution in [2.75, 3.05) is 23.8 Å². The van der Waals surface area contributed by atoms with Crippen LogP contribution < -0.4 is 10.6 Å². The Morgan fingerprint density at radius 2 is 1.21 bits per heavy atom. The summed E-state index contributed by atoms with van der Waals surface area (Å²) in [7, 11) is 0. The Labute approximate surface area is 166 Å². The predicted octanol–water partition coefficient (Wildman–Crippen LogP) is 4.20. The second-order valence-electron chi connectivity index (χ2n) is 6.60. The van der Waals surface area contributed by atoms with Gasteiger partial charge in [0, 0.05) is 31.6 Å². The third kappa shape index (κ3) is 7.70. The van der Waals surface area contributed by atoms with Crippen molar-refractivity contribution in [3.8, 4) is 0 Å². The summed E-state index contributed by atoms with van der Waals surface area (Å²) in [6.45, 7) is 3.40. The highest BCUT2D eigenvalue weighted by molar-refractivity contribution is 5.66. The van der Waals surface area contributed by atoms with Crippen LogP contribution in [0.25, 0.3) is 0 Å². The second-order valence-corrected chi connectivity index (χ2v) is 6.60. The molecule has 0 fully saturated rings. The molecule has 2 rings (SSSR count). The Bertz CT molecular complexity index is 693. The van der Waals surface area contributed by atoms with Gasteiger partial charge in [0.05, 0.1) is 13.2 Å². The molecule has 0 atom stereocenters. The molecule has 0 unspecified atom stereocenters. The zero-order valence-electron chi connectivity index (χ0n) is 16.4. The van der Waals surface area contributed by atoms with E-state index in [1.165, 1.54) is 13.8 Å². The van der Waals surface area contributed by atoms with Crippen molar-refractivity contribution in [1.29, 1.82) is 0 Å². The van der Waals surface area contributed by atoms with E-state index in [1.54, 1.807) is 0 Å². The fourth-order valence-electron chi connectivity index (χ4n) is 2.96. The lowest BCUT2D eigenvalue weighted by atomic mass is 9.98. The summed E-state index contributed by atoms with van der Waals surface area (Å²) in [5.41, 5.74) is 1.31. The molecule has 0 aliphatic rings. The van der Waals surface area contributed by atoms with Gasteiger partial charge in [-0.15, -0.1) is 0 Å².